The number of halogens is 4. The van der Waals surface area contributed by atoms with Crippen molar-refractivity contribution in [3.63, 3.8) is 0 Å². The van der Waals surface area contributed by atoms with E-state index in [1.165, 1.54) is 0 Å². The molecule has 114 valence electrons. The average molecular weight is 302 g/mol. The number of aliphatic hydroxyl groups is 1. The summed E-state index contributed by atoms with van der Waals surface area (Å²) in [5, 5.41) is 10.1. The van der Waals surface area contributed by atoms with Gasteiger partial charge in [-0.2, -0.15) is 13.2 Å². The van der Waals surface area contributed by atoms with E-state index in [9.17, 15) is 27.5 Å². The third-order valence-corrected chi connectivity index (χ3v) is 3.54. The van der Waals surface area contributed by atoms with Crippen molar-refractivity contribution in [2.45, 2.75) is 37.5 Å². The van der Waals surface area contributed by atoms with Crippen LogP contribution in [-0.2, 0) is 10.4 Å². The summed E-state index contributed by atoms with van der Waals surface area (Å²) in [7, 11) is 0. The van der Waals surface area contributed by atoms with Crippen LogP contribution in [0.15, 0.2) is 35.9 Å². The molecule has 0 saturated heterocycles. The normalized spacial score (nSPS) is 19.1. The number of alkyl halides is 3. The van der Waals surface area contributed by atoms with Crippen molar-refractivity contribution in [2.24, 2.45) is 0 Å². The molecule has 0 heterocycles. The van der Waals surface area contributed by atoms with Gasteiger partial charge in [0, 0.05) is 12.8 Å². The van der Waals surface area contributed by atoms with Gasteiger partial charge in [0.1, 0.15) is 5.82 Å². The molecule has 1 aromatic carbocycles. The van der Waals surface area contributed by atoms with Crippen LogP contribution in [0.3, 0.4) is 0 Å². The molecule has 1 aliphatic rings. The van der Waals surface area contributed by atoms with Gasteiger partial charge < -0.3 is 5.11 Å². The van der Waals surface area contributed by atoms with Gasteiger partial charge in [-0.25, -0.2) is 4.39 Å². The number of ketones is 1. The fourth-order valence-corrected chi connectivity index (χ4v) is 2.44. The van der Waals surface area contributed by atoms with Gasteiger partial charge in [-0.3, -0.25) is 4.79 Å². The van der Waals surface area contributed by atoms with Crippen LogP contribution in [0.4, 0.5) is 17.6 Å². The summed E-state index contributed by atoms with van der Waals surface area (Å²) >= 11 is 0. The predicted molar refractivity (Wildman–Crippen MR) is 67.9 cm³/mol. The van der Waals surface area contributed by atoms with Gasteiger partial charge in [0.05, 0.1) is 0 Å². The SMILES string of the molecule is O=C1C=C(C[C@@](O)(c2cccc(F)c2)C(F)(F)F)CCC1. The number of hydrogen-bond donors (Lipinski definition) is 1. The zero-order valence-electron chi connectivity index (χ0n) is 11.1. The lowest BCUT2D eigenvalue weighted by atomic mass is 9.83. The number of carbonyl (C=O) groups excluding carboxylic acids is 1. The lowest BCUT2D eigenvalue weighted by molar-refractivity contribution is -0.266. The van der Waals surface area contributed by atoms with E-state index >= 15 is 0 Å². The Morgan fingerprint density at radius 1 is 1.19 bits per heavy atom. The molecule has 2 nitrogen and oxygen atoms in total. The summed E-state index contributed by atoms with van der Waals surface area (Å²) in [6, 6.07) is 3.81. The lowest BCUT2D eigenvalue weighted by Crippen LogP contribution is -2.43. The number of hydrogen-bond acceptors (Lipinski definition) is 2. The molecule has 1 aliphatic carbocycles. The van der Waals surface area contributed by atoms with Crippen LogP contribution < -0.4 is 0 Å². The van der Waals surface area contributed by atoms with Gasteiger partial charge in [-0.05, 0) is 36.6 Å². The number of allylic oxidation sites excluding steroid dienone is 1. The molecule has 0 aliphatic heterocycles. The summed E-state index contributed by atoms with van der Waals surface area (Å²) in [6.45, 7) is 0. The Morgan fingerprint density at radius 2 is 1.90 bits per heavy atom. The summed E-state index contributed by atoms with van der Waals surface area (Å²) < 4.78 is 53.0. The number of carbonyl (C=O) groups is 1. The first kappa shape index (κ1) is 15.7. The highest BCUT2D eigenvalue weighted by atomic mass is 19.4. The molecule has 0 aromatic heterocycles. The molecular formula is C15H14F4O2. The Hall–Kier alpha value is -1.69. The van der Waals surface area contributed by atoms with Crippen LogP contribution in [0.5, 0.6) is 0 Å². The standard InChI is InChI=1S/C15H14F4O2/c16-12-5-2-4-11(8-12)14(21,15(17,18)19)9-10-3-1-6-13(20)7-10/h2,4-5,7-8,21H,1,3,6,9H2/t14-/m1/s1. The quantitative estimate of drug-likeness (QED) is 0.865. The van der Waals surface area contributed by atoms with Gasteiger partial charge in [-0.15, -0.1) is 0 Å². The number of rotatable bonds is 3. The molecule has 1 N–H and O–H groups in total. The van der Waals surface area contributed by atoms with Crippen molar-refractivity contribution >= 4 is 5.78 Å². The fourth-order valence-electron chi connectivity index (χ4n) is 2.44. The summed E-state index contributed by atoms with van der Waals surface area (Å²) in [6.07, 6.45) is -3.50. The van der Waals surface area contributed by atoms with E-state index in [0.29, 0.717) is 25.3 Å². The van der Waals surface area contributed by atoms with Crippen molar-refractivity contribution in [1.82, 2.24) is 0 Å². The van der Waals surface area contributed by atoms with Crippen LogP contribution in [0.2, 0.25) is 0 Å². The monoisotopic (exact) mass is 302 g/mol. The molecule has 2 rings (SSSR count). The van der Waals surface area contributed by atoms with Crippen molar-refractivity contribution in [3.05, 3.63) is 47.3 Å². The van der Waals surface area contributed by atoms with E-state index < -0.39 is 29.6 Å². The Labute approximate surface area is 119 Å². The molecule has 1 atom stereocenters. The first-order chi connectivity index (χ1) is 9.72. The minimum absolute atomic E-state index is 0.232. The maximum absolute atomic E-state index is 13.3. The predicted octanol–water partition coefficient (Wildman–Crippen LogP) is 3.65. The molecular weight excluding hydrogens is 288 g/mol. The Kier molecular flexibility index (Phi) is 4.18. The zero-order chi connectivity index (χ0) is 15.7. The lowest BCUT2D eigenvalue weighted by Gasteiger charge is -2.32. The van der Waals surface area contributed by atoms with Crippen LogP contribution in [0.1, 0.15) is 31.2 Å². The fraction of sp³-hybridized carbons (Fsp3) is 0.400. The van der Waals surface area contributed by atoms with Gasteiger partial charge in [0.2, 0.25) is 0 Å². The molecule has 0 amide bonds. The van der Waals surface area contributed by atoms with E-state index in [1.807, 2.05) is 0 Å². The summed E-state index contributed by atoms with van der Waals surface area (Å²) in [5.74, 6) is -1.11. The minimum atomic E-state index is -4.97. The third kappa shape index (κ3) is 3.32. The van der Waals surface area contributed by atoms with Gasteiger partial charge in [-0.1, -0.05) is 17.7 Å². The van der Waals surface area contributed by atoms with E-state index in [2.05, 4.69) is 0 Å². The Bertz CT molecular complexity index is 577. The van der Waals surface area contributed by atoms with Crippen LogP contribution in [0, 0.1) is 5.82 Å². The highest BCUT2D eigenvalue weighted by molar-refractivity contribution is 5.91. The van der Waals surface area contributed by atoms with E-state index in [4.69, 9.17) is 0 Å². The first-order valence-electron chi connectivity index (χ1n) is 6.50. The smallest absolute Gasteiger partial charge is 0.376 e. The van der Waals surface area contributed by atoms with E-state index in [0.717, 1.165) is 24.3 Å². The van der Waals surface area contributed by atoms with Crippen LogP contribution in [-0.4, -0.2) is 17.1 Å². The molecule has 0 unspecified atom stereocenters. The van der Waals surface area contributed by atoms with Crippen molar-refractivity contribution in [2.75, 3.05) is 0 Å². The number of benzene rings is 1. The van der Waals surface area contributed by atoms with E-state index in [1.54, 1.807) is 0 Å². The Balaban J connectivity index is 2.41. The van der Waals surface area contributed by atoms with Gasteiger partial charge in [0.25, 0.3) is 0 Å². The second-order valence-electron chi connectivity index (χ2n) is 5.17. The molecule has 21 heavy (non-hydrogen) atoms. The second kappa shape index (κ2) is 5.60. The first-order valence-corrected chi connectivity index (χ1v) is 6.50. The molecule has 0 saturated carbocycles. The highest BCUT2D eigenvalue weighted by Crippen LogP contribution is 2.44. The second-order valence-corrected chi connectivity index (χ2v) is 5.17. The van der Waals surface area contributed by atoms with Gasteiger partial charge >= 0.3 is 6.18 Å². The zero-order valence-corrected chi connectivity index (χ0v) is 11.1. The molecule has 0 radical (unpaired) electrons. The summed E-state index contributed by atoms with van der Waals surface area (Å²) in [5.41, 5.74) is -3.53. The van der Waals surface area contributed by atoms with Gasteiger partial charge in [0.15, 0.2) is 11.4 Å². The van der Waals surface area contributed by atoms with Crippen molar-refractivity contribution in [3.8, 4) is 0 Å². The molecule has 1 aromatic rings. The van der Waals surface area contributed by atoms with Crippen LogP contribution in [0.25, 0.3) is 0 Å². The molecule has 0 bridgehead atoms. The summed E-state index contributed by atoms with van der Waals surface area (Å²) in [4.78, 5) is 11.3. The Morgan fingerprint density at radius 3 is 2.48 bits per heavy atom. The average Bonchev–Trinajstić information content (AvgIpc) is 2.37. The van der Waals surface area contributed by atoms with Crippen molar-refractivity contribution < 1.29 is 27.5 Å². The molecule has 6 heteroatoms. The largest absolute Gasteiger partial charge is 0.421 e. The van der Waals surface area contributed by atoms with Crippen LogP contribution >= 0.6 is 0 Å². The topological polar surface area (TPSA) is 37.3 Å². The highest BCUT2D eigenvalue weighted by Gasteiger charge is 2.55. The third-order valence-electron chi connectivity index (χ3n) is 3.54. The molecule has 0 spiro atoms. The minimum Gasteiger partial charge on any atom is -0.376 e. The maximum Gasteiger partial charge on any atom is 0.421 e. The maximum atomic E-state index is 13.3. The van der Waals surface area contributed by atoms with Crippen molar-refractivity contribution in [1.29, 1.82) is 0 Å². The van der Waals surface area contributed by atoms with E-state index in [-0.39, 0.29) is 11.4 Å². The molecule has 0 fully saturated rings.